The molecule has 1 amide bonds. The Morgan fingerprint density at radius 3 is 2.53 bits per heavy atom. The summed E-state index contributed by atoms with van der Waals surface area (Å²) in [5.74, 6) is 0.591. The van der Waals surface area contributed by atoms with Crippen LogP contribution in [0.25, 0.3) is 5.52 Å². The van der Waals surface area contributed by atoms with Gasteiger partial charge in [-0.05, 0) is 65.0 Å². The first-order valence-corrected chi connectivity index (χ1v) is 10.4. The van der Waals surface area contributed by atoms with Gasteiger partial charge in [0, 0.05) is 25.2 Å². The maximum Gasteiger partial charge on any atom is 0.224 e. The Morgan fingerprint density at radius 2 is 1.93 bits per heavy atom. The molecule has 30 heavy (non-hydrogen) atoms. The number of likely N-dealkylation sites (tertiary alicyclic amines) is 1. The summed E-state index contributed by atoms with van der Waals surface area (Å²) in [5.41, 5.74) is 0.427. The van der Waals surface area contributed by atoms with Gasteiger partial charge in [-0.3, -0.25) is 14.1 Å². The van der Waals surface area contributed by atoms with E-state index in [2.05, 4.69) is 10.3 Å². The van der Waals surface area contributed by atoms with Crippen LogP contribution in [-0.2, 0) is 15.1 Å². The molecule has 164 valence electrons. The second kappa shape index (κ2) is 7.00. The third-order valence-electron chi connectivity index (χ3n) is 6.10. The van der Waals surface area contributed by atoms with Gasteiger partial charge >= 0.3 is 0 Å². The van der Waals surface area contributed by atoms with Crippen LogP contribution in [0.4, 0.5) is 4.39 Å². The number of amides is 1. The Labute approximate surface area is 176 Å². The smallest absolute Gasteiger partial charge is 0.224 e. The number of nitrogens with one attached hydrogen (secondary N) is 1. The fraction of sp³-hybridized carbons (Fsp3) is 0.636. The average molecular weight is 419 g/mol. The lowest BCUT2D eigenvalue weighted by Gasteiger charge is -2.31. The van der Waals surface area contributed by atoms with E-state index in [9.17, 15) is 14.3 Å². The van der Waals surface area contributed by atoms with Crippen LogP contribution in [0.15, 0.2) is 18.5 Å². The third kappa shape index (κ3) is 3.84. The number of carbonyl (C=O) groups excluding carboxylic acids is 1. The number of ether oxygens (including phenoxy) is 1. The number of aromatic nitrogens is 2. The Hall–Kier alpha value is -2.03. The molecule has 1 aliphatic heterocycles. The van der Waals surface area contributed by atoms with E-state index in [0.717, 1.165) is 11.1 Å². The fourth-order valence-corrected chi connectivity index (χ4v) is 4.65. The van der Waals surface area contributed by atoms with Crippen LogP contribution >= 0.6 is 0 Å². The van der Waals surface area contributed by atoms with Gasteiger partial charge in [-0.25, -0.2) is 9.37 Å². The second-order valence-corrected chi connectivity index (χ2v) is 10.2. The monoisotopic (exact) mass is 418 g/mol. The van der Waals surface area contributed by atoms with E-state index in [-0.39, 0.29) is 29.5 Å². The van der Waals surface area contributed by atoms with E-state index in [1.54, 1.807) is 10.6 Å². The van der Waals surface area contributed by atoms with Crippen LogP contribution in [-0.4, -0.2) is 50.4 Å². The Bertz CT molecular complexity index is 969. The van der Waals surface area contributed by atoms with Gasteiger partial charge < -0.3 is 15.2 Å². The van der Waals surface area contributed by atoms with Crippen molar-refractivity contribution in [2.75, 3.05) is 13.1 Å². The number of hydrogen-bond donors (Lipinski definition) is 2. The van der Waals surface area contributed by atoms with Crippen molar-refractivity contribution in [3.05, 3.63) is 35.7 Å². The zero-order valence-corrected chi connectivity index (χ0v) is 18.4. The Morgan fingerprint density at radius 1 is 1.30 bits per heavy atom. The van der Waals surface area contributed by atoms with Crippen molar-refractivity contribution in [2.24, 2.45) is 17.8 Å². The number of hydrogen-bond acceptors (Lipinski definition) is 5. The number of rotatable bonds is 5. The van der Waals surface area contributed by atoms with E-state index in [0.29, 0.717) is 18.9 Å². The largest absolute Gasteiger partial charge is 0.356 e. The second-order valence-electron chi connectivity index (χ2n) is 10.2. The van der Waals surface area contributed by atoms with E-state index in [4.69, 9.17) is 4.74 Å². The Kier molecular flexibility index (Phi) is 4.95. The molecular weight excluding hydrogens is 387 g/mol. The minimum absolute atomic E-state index is 0.0224. The molecule has 1 saturated carbocycles. The van der Waals surface area contributed by atoms with Crippen molar-refractivity contribution < 1.29 is 19.0 Å². The van der Waals surface area contributed by atoms with Crippen LogP contribution in [0.2, 0.25) is 0 Å². The summed E-state index contributed by atoms with van der Waals surface area (Å²) in [5, 5.41) is 13.4. The molecule has 4 rings (SSSR count). The van der Waals surface area contributed by atoms with Gasteiger partial charge in [0.05, 0.1) is 22.9 Å². The number of carbonyl (C=O) groups is 1. The lowest BCUT2D eigenvalue weighted by Crippen LogP contribution is -2.46. The summed E-state index contributed by atoms with van der Waals surface area (Å²) in [6.07, 6.45) is 2.16. The molecule has 2 aliphatic rings. The number of imidazole rings is 1. The lowest BCUT2D eigenvalue weighted by atomic mass is 10.0. The SMILES string of the molecule is Cc1cc(F)cn2c(C(C)(C)NC(=O)[C@H]3[C@@H]4CN(C(O)OC(C)(C)C)C[C@@H]43)ncc12. The Balaban J connectivity index is 1.41. The number of aliphatic hydroxyl groups excluding tert-OH is 1. The van der Waals surface area contributed by atoms with Crippen LogP contribution in [0, 0.1) is 30.5 Å². The predicted octanol–water partition coefficient (Wildman–Crippen LogP) is 2.40. The summed E-state index contributed by atoms with van der Waals surface area (Å²) in [6, 6.07) is 1.47. The topological polar surface area (TPSA) is 79.1 Å². The van der Waals surface area contributed by atoms with Crippen LogP contribution in [0.1, 0.15) is 46.0 Å². The number of aryl methyl sites for hydroxylation is 1. The zero-order valence-electron chi connectivity index (χ0n) is 18.4. The quantitative estimate of drug-likeness (QED) is 0.729. The summed E-state index contributed by atoms with van der Waals surface area (Å²) >= 11 is 0. The van der Waals surface area contributed by atoms with Crippen molar-refractivity contribution >= 4 is 11.4 Å². The van der Waals surface area contributed by atoms with Crippen molar-refractivity contribution in [3.63, 3.8) is 0 Å². The molecule has 0 aromatic carbocycles. The highest BCUT2D eigenvalue weighted by molar-refractivity contribution is 5.83. The molecule has 2 fully saturated rings. The molecule has 0 bridgehead atoms. The van der Waals surface area contributed by atoms with Gasteiger partial charge in [0.2, 0.25) is 12.3 Å². The van der Waals surface area contributed by atoms with Gasteiger partial charge in [-0.15, -0.1) is 0 Å². The highest BCUT2D eigenvalue weighted by atomic mass is 19.1. The summed E-state index contributed by atoms with van der Waals surface area (Å²) in [6.45, 7) is 12.6. The number of halogens is 1. The van der Waals surface area contributed by atoms with Gasteiger partial charge in [0.25, 0.3) is 0 Å². The van der Waals surface area contributed by atoms with E-state index < -0.39 is 17.6 Å². The zero-order chi connectivity index (χ0) is 22.0. The van der Waals surface area contributed by atoms with Gasteiger partial charge in [-0.2, -0.15) is 0 Å². The van der Waals surface area contributed by atoms with Crippen LogP contribution in [0.5, 0.6) is 0 Å². The molecule has 8 heteroatoms. The minimum Gasteiger partial charge on any atom is -0.356 e. The number of aliphatic hydroxyl groups is 1. The fourth-order valence-electron chi connectivity index (χ4n) is 4.65. The standard InChI is InChI=1S/C22H31FN4O3/c1-12-7-13(23)9-27-16(12)8-24-19(27)22(5,6)25-18(28)17-14-10-26(11-15(14)17)20(29)30-21(2,3)4/h7-9,14-15,17,20,29H,10-11H2,1-6H3,(H,25,28)/t14-,15+,17+,20?. The maximum atomic E-state index is 13.9. The number of piperidine rings is 1. The molecule has 2 N–H and O–H groups in total. The average Bonchev–Trinajstić information content (AvgIpc) is 2.93. The third-order valence-corrected chi connectivity index (χ3v) is 6.10. The molecule has 3 heterocycles. The molecule has 4 atom stereocenters. The summed E-state index contributed by atoms with van der Waals surface area (Å²) in [4.78, 5) is 19.3. The first-order valence-electron chi connectivity index (χ1n) is 10.4. The number of fused-ring (bicyclic) bond motifs is 2. The first-order chi connectivity index (χ1) is 13.9. The number of nitrogens with zero attached hydrogens (tertiary/aromatic N) is 3. The first kappa shape index (κ1) is 21.2. The molecule has 1 saturated heterocycles. The number of pyridine rings is 1. The van der Waals surface area contributed by atoms with Crippen LogP contribution in [0.3, 0.4) is 0 Å². The van der Waals surface area contributed by atoms with Gasteiger partial charge in [0.15, 0.2) is 0 Å². The molecule has 0 radical (unpaired) electrons. The van der Waals surface area contributed by atoms with Crippen molar-refractivity contribution in [2.45, 2.75) is 59.1 Å². The molecule has 2 aromatic heterocycles. The van der Waals surface area contributed by atoms with Crippen molar-refractivity contribution in [3.8, 4) is 0 Å². The molecule has 7 nitrogen and oxygen atoms in total. The molecule has 1 unspecified atom stereocenters. The minimum atomic E-state index is -0.952. The van der Waals surface area contributed by atoms with Crippen LogP contribution < -0.4 is 5.32 Å². The highest BCUT2D eigenvalue weighted by Crippen LogP contribution is 2.52. The molecule has 2 aromatic rings. The van der Waals surface area contributed by atoms with E-state index in [1.165, 1.54) is 12.3 Å². The van der Waals surface area contributed by atoms with Crippen molar-refractivity contribution in [1.82, 2.24) is 19.6 Å². The summed E-state index contributed by atoms with van der Waals surface area (Å²) < 4.78 is 21.3. The van der Waals surface area contributed by atoms with E-state index >= 15 is 0 Å². The summed E-state index contributed by atoms with van der Waals surface area (Å²) in [7, 11) is 0. The molecule has 1 aliphatic carbocycles. The maximum absolute atomic E-state index is 13.9. The predicted molar refractivity (Wildman–Crippen MR) is 110 cm³/mol. The van der Waals surface area contributed by atoms with E-state index in [1.807, 2.05) is 46.4 Å². The van der Waals surface area contributed by atoms with Gasteiger partial charge in [-0.1, -0.05) is 0 Å². The normalized spacial score (nSPS) is 25.4. The van der Waals surface area contributed by atoms with Crippen molar-refractivity contribution in [1.29, 1.82) is 0 Å². The highest BCUT2D eigenvalue weighted by Gasteiger charge is 2.60. The molecule has 0 spiro atoms. The molecular formula is C22H31FN4O3. The lowest BCUT2D eigenvalue weighted by molar-refractivity contribution is -0.236. The van der Waals surface area contributed by atoms with Gasteiger partial charge in [0.1, 0.15) is 11.6 Å².